The van der Waals surface area contributed by atoms with Crippen molar-refractivity contribution in [3.63, 3.8) is 0 Å². The first-order valence-electron chi connectivity index (χ1n) is 5.47. The van der Waals surface area contributed by atoms with Crippen molar-refractivity contribution in [1.82, 2.24) is 0 Å². The van der Waals surface area contributed by atoms with Gasteiger partial charge in [-0.3, -0.25) is 0 Å². The van der Waals surface area contributed by atoms with Crippen molar-refractivity contribution >= 4 is 27.6 Å². The lowest BCUT2D eigenvalue weighted by Crippen LogP contribution is -2.15. The van der Waals surface area contributed by atoms with Crippen molar-refractivity contribution in [2.45, 2.75) is 19.8 Å². The molecule has 0 atom stereocenters. The van der Waals surface area contributed by atoms with Crippen molar-refractivity contribution in [1.29, 1.82) is 0 Å². The average molecular weight is 302 g/mol. The second-order valence-corrected chi connectivity index (χ2v) is 4.41. The van der Waals surface area contributed by atoms with Crippen molar-refractivity contribution in [2.75, 3.05) is 18.9 Å². The van der Waals surface area contributed by atoms with Crippen LogP contribution in [0.2, 0.25) is 0 Å². The summed E-state index contributed by atoms with van der Waals surface area (Å²) in [6.07, 6.45) is 1.86. The molecule has 0 amide bonds. The minimum atomic E-state index is -0.368. The molecule has 0 aliphatic heterocycles. The molecule has 0 aromatic heterocycles. The van der Waals surface area contributed by atoms with Gasteiger partial charge in [0.15, 0.2) is 6.61 Å². The van der Waals surface area contributed by atoms with Crippen LogP contribution in [-0.4, -0.2) is 19.2 Å². The maximum absolute atomic E-state index is 11.3. The van der Waals surface area contributed by atoms with E-state index in [0.717, 1.165) is 17.3 Å². The lowest BCUT2D eigenvalue weighted by Gasteiger charge is -2.08. The second-order valence-electron chi connectivity index (χ2n) is 3.55. The minimum absolute atomic E-state index is 0.105. The Morgan fingerprint density at radius 2 is 2.24 bits per heavy atom. The van der Waals surface area contributed by atoms with E-state index in [-0.39, 0.29) is 12.6 Å². The summed E-state index contributed by atoms with van der Waals surface area (Å²) in [7, 11) is 0. The number of halogens is 1. The Balaban J connectivity index is 2.39. The molecule has 0 fully saturated rings. The number of benzene rings is 1. The average Bonchev–Trinajstić information content (AvgIpc) is 2.31. The van der Waals surface area contributed by atoms with Gasteiger partial charge in [0.1, 0.15) is 5.75 Å². The van der Waals surface area contributed by atoms with E-state index in [1.165, 1.54) is 0 Å². The molecular formula is C12H16BrNO3. The van der Waals surface area contributed by atoms with Crippen LogP contribution in [0, 0.1) is 0 Å². The van der Waals surface area contributed by atoms with Crippen LogP contribution in [-0.2, 0) is 9.53 Å². The van der Waals surface area contributed by atoms with Crippen LogP contribution >= 0.6 is 15.9 Å². The van der Waals surface area contributed by atoms with Gasteiger partial charge in [0.05, 0.1) is 11.1 Å². The van der Waals surface area contributed by atoms with Crippen LogP contribution in [0.5, 0.6) is 5.75 Å². The molecule has 0 radical (unpaired) electrons. The highest BCUT2D eigenvalue weighted by Gasteiger charge is 2.06. The summed E-state index contributed by atoms with van der Waals surface area (Å²) in [4.78, 5) is 11.3. The largest absolute Gasteiger partial charge is 0.481 e. The number of hydrogen-bond acceptors (Lipinski definition) is 4. The molecule has 0 aliphatic rings. The third-order valence-electron chi connectivity index (χ3n) is 2.06. The van der Waals surface area contributed by atoms with Gasteiger partial charge in [0.2, 0.25) is 0 Å². The zero-order valence-electron chi connectivity index (χ0n) is 9.74. The molecule has 0 heterocycles. The van der Waals surface area contributed by atoms with E-state index in [0.29, 0.717) is 18.0 Å². The van der Waals surface area contributed by atoms with Crippen molar-refractivity contribution in [3.05, 3.63) is 22.7 Å². The van der Waals surface area contributed by atoms with Crippen LogP contribution in [0.3, 0.4) is 0 Å². The Bertz CT molecular complexity index is 382. The smallest absolute Gasteiger partial charge is 0.344 e. The van der Waals surface area contributed by atoms with E-state index in [9.17, 15) is 4.79 Å². The predicted molar refractivity (Wildman–Crippen MR) is 69.9 cm³/mol. The third-order valence-corrected chi connectivity index (χ3v) is 2.72. The van der Waals surface area contributed by atoms with Gasteiger partial charge in [-0.15, -0.1) is 0 Å². The maximum Gasteiger partial charge on any atom is 0.344 e. The summed E-state index contributed by atoms with van der Waals surface area (Å²) < 4.78 is 11.0. The Morgan fingerprint density at radius 3 is 2.94 bits per heavy atom. The highest BCUT2D eigenvalue weighted by atomic mass is 79.9. The molecule has 1 aromatic rings. The number of ether oxygens (including phenoxy) is 2. The molecule has 0 saturated carbocycles. The molecule has 0 spiro atoms. The number of anilines is 1. The molecule has 94 valence electrons. The molecule has 0 aliphatic carbocycles. The van der Waals surface area contributed by atoms with Gasteiger partial charge < -0.3 is 15.2 Å². The number of nitrogen functional groups attached to an aromatic ring is 1. The molecule has 0 bridgehead atoms. The van der Waals surface area contributed by atoms with Gasteiger partial charge in [0.25, 0.3) is 0 Å². The quantitative estimate of drug-likeness (QED) is 0.498. The van der Waals surface area contributed by atoms with Crippen LogP contribution in [0.25, 0.3) is 0 Å². The summed E-state index contributed by atoms with van der Waals surface area (Å²) in [6.45, 7) is 2.37. The topological polar surface area (TPSA) is 61.5 Å². The van der Waals surface area contributed by atoms with Crippen LogP contribution in [0.4, 0.5) is 5.69 Å². The van der Waals surface area contributed by atoms with E-state index in [1.54, 1.807) is 18.2 Å². The van der Waals surface area contributed by atoms with Gasteiger partial charge in [-0.05, 0) is 34.5 Å². The summed E-state index contributed by atoms with van der Waals surface area (Å²) >= 11 is 3.31. The van der Waals surface area contributed by atoms with E-state index < -0.39 is 0 Å². The summed E-state index contributed by atoms with van der Waals surface area (Å²) in [6, 6.07) is 5.17. The van der Waals surface area contributed by atoms with Crippen LogP contribution < -0.4 is 10.5 Å². The second kappa shape index (κ2) is 7.17. The Hall–Kier alpha value is -1.23. The van der Waals surface area contributed by atoms with Gasteiger partial charge in [-0.2, -0.15) is 0 Å². The number of carbonyl (C=O) groups is 1. The fourth-order valence-electron chi connectivity index (χ4n) is 1.14. The normalized spacial score (nSPS) is 10.0. The van der Waals surface area contributed by atoms with Gasteiger partial charge in [-0.1, -0.05) is 13.3 Å². The van der Waals surface area contributed by atoms with Crippen molar-refractivity contribution < 1.29 is 14.3 Å². The highest BCUT2D eigenvalue weighted by Crippen LogP contribution is 2.26. The van der Waals surface area contributed by atoms with E-state index >= 15 is 0 Å². The lowest BCUT2D eigenvalue weighted by atomic mass is 10.3. The number of hydrogen-bond donors (Lipinski definition) is 1. The fourth-order valence-corrected chi connectivity index (χ4v) is 1.50. The maximum atomic E-state index is 11.3. The zero-order valence-corrected chi connectivity index (χ0v) is 11.3. The van der Waals surface area contributed by atoms with Crippen LogP contribution in [0.1, 0.15) is 19.8 Å². The van der Waals surface area contributed by atoms with E-state index in [2.05, 4.69) is 15.9 Å². The molecule has 2 N–H and O–H groups in total. The van der Waals surface area contributed by atoms with Crippen molar-refractivity contribution in [2.24, 2.45) is 0 Å². The van der Waals surface area contributed by atoms with Crippen LogP contribution in [0.15, 0.2) is 22.7 Å². The molecule has 1 rings (SSSR count). The number of nitrogens with two attached hydrogens (primary N) is 1. The van der Waals surface area contributed by atoms with E-state index in [1.807, 2.05) is 6.92 Å². The Labute approximate surface area is 109 Å². The number of carbonyl (C=O) groups excluding carboxylic acids is 1. The Kier molecular flexibility index (Phi) is 5.83. The number of rotatable bonds is 6. The van der Waals surface area contributed by atoms with E-state index in [4.69, 9.17) is 15.2 Å². The number of unbranched alkanes of at least 4 members (excludes halogenated alkanes) is 1. The zero-order chi connectivity index (χ0) is 12.7. The number of esters is 1. The molecule has 0 unspecified atom stereocenters. The molecule has 5 heteroatoms. The lowest BCUT2D eigenvalue weighted by molar-refractivity contribution is -0.146. The molecule has 1 aromatic carbocycles. The molecule has 4 nitrogen and oxygen atoms in total. The monoisotopic (exact) mass is 301 g/mol. The summed E-state index contributed by atoms with van der Waals surface area (Å²) in [5.41, 5.74) is 6.20. The summed E-state index contributed by atoms with van der Waals surface area (Å²) in [5, 5.41) is 0. The molecule has 17 heavy (non-hydrogen) atoms. The van der Waals surface area contributed by atoms with Gasteiger partial charge in [0, 0.05) is 11.8 Å². The summed E-state index contributed by atoms with van der Waals surface area (Å²) in [5.74, 6) is 0.171. The Morgan fingerprint density at radius 1 is 1.47 bits per heavy atom. The third kappa shape index (κ3) is 5.08. The molecule has 0 saturated heterocycles. The minimum Gasteiger partial charge on any atom is -0.481 e. The molecular weight excluding hydrogens is 286 g/mol. The van der Waals surface area contributed by atoms with Gasteiger partial charge in [-0.25, -0.2) is 4.79 Å². The van der Waals surface area contributed by atoms with Gasteiger partial charge >= 0.3 is 5.97 Å². The predicted octanol–water partition coefficient (Wildman–Crippen LogP) is 2.75. The fraction of sp³-hybridized carbons (Fsp3) is 0.417. The van der Waals surface area contributed by atoms with Crippen molar-refractivity contribution in [3.8, 4) is 5.75 Å². The highest BCUT2D eigenvalue weighted by molar-refractivity contribution is 9.10. The first-order chi connectivity index (χ1) is 8.13. The first-order valence-corrected chi connectivity index (χ1v) is 6.26. The first kappa shape index (κ1) is 13.8. The SMILES string of the molecule is CCCCOC(=O)COc1cc(N)ccc1Br. The standard InChI is InChI=1S/C12H16BrNO3/c1-2-3-6-16-12(15)8-17-11-7-9(14)4-5-10(11)13/h4-5,7H,2-3,6,8,14H2,1H3.